The molecule has 0 spiro atoms. The summed E-state index contributed by atoms with van der Waals surface area (Å²) in [6.07, 6.45) is 38.5. The molecule has 55 heavy (non-hydrogen) atoms. The molecule has 1 saturated heterocycles. The molecular formula is C45H70O10. The number of aliphatic hydroxyl groups excluding tert-OH is 4. The van der Waals surface area contributed by atoms with Gasteiger partial charge >= 0.3 is 11.9 Å². The number of unbranched alkanes of at least 4 members (excludes halogenated alkanes) is 4. The van der Waals surface area contributed by atoms with Gasteiger partial charge in [-0.2, -0.15) is 0 Å². The van der Waals surface area contributed by atoms with Crippen molar-refractivity contribution in [3.8, 4) is 0 Å². The highest BCUT2D eigenvalue weighted by Gasteiger charge is 2.44. The van der Waals surface area contributed by atoms with Crippen molar-refractivity contribution in [3.05, 3.63) is 97.2 Å². The van der Waals surface area contributed by atoms with E-state index in [1.54, 1.807) is 0 Å². The highest BCUT2D eigenvalue weighted by Crippen LogP contribution is 2.22. The van der Waals surface area contributed by atoms with Crippen LogP contribution in [0.25, 0.3) is 0 Å². The van der Waals surface area contributed by atoms with Gasteiger partial charge in [0, 0.05) is 12.8 Å². The Morgan fingerprint density at radius 2 is 1.00 bits per heavy atom. The van der Waals surface area contributed by atoms with E-state index < -0.39 is 55.4 Å². The fourth-order valence-electron chi connectivity index (χ4n) is 5.28. The number of carbonyl (C=O) groups is 2. The molecule has 0 amide bonds. The number of allylic oxidation sites excluding steroid dienone is 16. The second-order valence-electron chi connectivity index (χ2n) is 13.3. The second kappa shape index (κ2) is 35.1. The van der Waals surface area contributed by atoms with Crippen LogP contribution in [0.4, 0.5) is 0 Å². The van der Waals surface area contributed by atoms with E-state index in [1.165, 1.54) is 0 Å². The zero-order chi connectivity index (χ0) is 40.2. The van der Waals surface area contributed by atoms with Crippen molar-refractivity contribution in [2.24, 2.45) is 0 Å². The first-order valence-corrected chi connectivity index (χ1v) is 20.3. The summed E-state index contributed by atoms with van der Waals surface area (Å²) >= 11 is 0. The molecule has 0 bridgehead atoms. The summed E-state index contributed by atoms with van der Waals surface area (Å²) in [6.45, 7) is 3.07. The molecule has 0 aromatic rings. The minimum Gasteiger partial charge on any atom is -0.462 e. The smallest absolute Gasteiger partial charge is 0.306 e. The molecule has 0 aliphatic carbocycles. The number of ether oxygens (including phenoxy) is 4. The van der Waals surface area contributed by atoms with Crippen molar-refractivity contribution in [2.75, 3.05) is 19.8 Å². The van der Waals surface area contributed by atoms with Crippen LogP contribution >= 0.6 is 0 Å². The predicted octanol–water partition coefficient (Wildman–Crippen LogP) is 7.99. The zero-order valence-electron chi connectivity index (χ0n) is 33.4. The molecule has 0 aromatic heterocycles. The summed E-state index contributed by atoms with van der Waals surface area (Å²) in [6, 6.07) is 0. The number of hydrogen-bond acceptors (Lipinski definition) is 10. The van der Waals surface area contributed by atoms with Crippen LogP contribution in [0.15, 0.2) is 97.2 Å². The normalized spacial score (nSPS) is 21.6. The summed E-state index contributed by atoms with van der Waals surface area (Å²) in [5.74, 6) is -0.918. The number of rotatable bonds is 31. The molecule has 0 radical (unpaired) electrons. The summed E-state index contributed by atoms with van der Waals surface area (Å²) in [5.41, 5.74) is 0. The Morgan fingerprint density at radius 1 is 0.564 bits per heavy atom. The predicted molar refractivity (Wildman–Crippen MR) is 219 cm³/mol. The standard InChI is InChI=1S/C45H70O10/c1-3-5-7-9-11-13-15-17-19-21-23-25-27-29-31-33-40(47)52-36-38(37-53-45-44(51)43(50)42(49)39(35-46)55-45)54-41(48)34-32-30-28-26-24-22-20-18-16-14-12-10-8-6-4-2/h5-8,11-14,17-20,23-26,38-39,42-46,49-51H,3-4,9-10,15-16,21-22,27-37H2,1-2H3/b7-5-,8-6-,13-11-,14-12-,19-17-,20-18-,25-23-,26-24-. The zero-order valence-corrected chi connectivity index (χ0v) is 33.4. The van der Waals surface area contributed by atoms with Crippen molar-refractivity contribution in [1.29, 1.82) is 0 Å². The van der Waals surface area contributed by atoms with E-state index in [0.29, 0.717) is 12.8 Å². The van der Waals surface area contributed by atoms with Gasteiger partial charge in [0.1, 0.15) is 31.0 Å². The number of hydrogen-bond donors (Lipinski definition) is 4. The Bertz CT molecular complexity index is 1210. The molecule has 310 valence electrons. The van der Waals surface area contributed by atoms with E-state index in [9.17, 15) is 30.0 Å². The molecule has 0 saturated carbocycles. The molecule has 6 atom stereocenters. The molecule has 1 aliphatic rings. The highest BCUT2D eigenvalue weighted by molar-refractivity contribution is 5.70. The van der Waals surface area contributed by atoms with Gasteiger partial charge < -0.3 is 39.4 Å². The van der Waals surface area contributed by atoms with E-state index in [-0.39, 0.29) is 26.1 Å². The Morgan fingerprint density at radius 3 is 1.45 bits per heavy atom. The van der Waals surface area contributed by atoms with Gasteiger partial charge in [-0.05, 0) is 89.9 Å². The number of esters is 2. The first-order chi connectivity index (χ1) is 26.8. The van der Waals surface area contributed by atoms with Crippen LogP contribution in [0.2, 0.25) is 0 Å². The van der Waals surface area contributed by atoms with E-state index in [0.717, 1.165) is 77.0 Å². The Kier molecular flexibility index (Phi) is 31.6. The number of aliphatic hydroxyl groups is 4. The van der Waals surface area contributed by atoms with Crippen molar-refractivity contribution < 1.29 is 49.0 Å². The van der Waals surface area contributed by atoms with E-state index >= 15 is 0 Å². The maximum Gasteiger partial charge on any atom is 0.306 e. The lowest BCUT2D eigenvalue weighted by atomic mass is 9.99. The molecule has 4 N–H and O–H groups in total. The summed E-state index contributed by atoms with van der Waals surface area (Å²) in [4.78, 5) is 25.2. The van der Waals surface area contributed by atoms with Crippen LogP contribution in [0.1, 0.15) is 117 Å². The molecule has 10 nitrogen and oxygen atoms in total. The lowest BCUT2D eigenvalue weighted by molar-refractivity contribution is -0.305. The van der Waals surface area contributed by atoms with Crippen LogP contribution in [-0.2, 0) is 28.5 Å². The topological polar surface area (TPSA) is 152 Å². The lowest BCUT2D eigenvalue weighted by Gasteiger charge is -2.39. The minimum atomic E-state index is -1.61. The van der Waals surface area contributed by atoms with Gasteiger partial charge in [0.15, 0.2) is 12.4 Å². The largest absolute Gasteiger partial charge is 0.462 e. The summed E-state index contributed by atoms with van der Waals surface area (Å²) in [5, 5.41) is 40.0. The molecule has 1 aliphatic heterocycles. The van der Waals surface area contributed by atoms with Crippen LogP contribution in [0.3, 0.4) is 0 Å². The number of carbonyl (C=O) groups excluding carboxylic acids is 2. The SMILES string of the molecule is CC/C=C\C/C=C\C/C=C\C/C=C\CCCCC(=O)OCC(COC1OC(CO)C(O)C(O)C1O)OC(=O)CCCC/C=C\C/C=C\C/C=C\C/C=C\CC. The van der Waals surface area contributed by atoms with Crippen LogP contribution in [0.5, 0.6) is 0 Å². The molecule has 0 aromatic carbocycles. The maximum absolute atomic E-state index is 12.7. The van der Waals surface area contributed by atoms with Crippen LogP contribution in [0, 0.1) is 0 Å². The Balaban J connectivity index is 2.46. The Labute approximate surface area is 330 Å². The first kappa shape index (κ1) is 49.6. The molecular weight excluding hydrogens is 700 g/mol. The third-order valence-corrected chi connectivity index (χ3v) is 8.46. The minimum absolute atomic E-state index is 0.162. The molecule has 6 unspecified atom stereocenters. The molecule has 1 rings (SSSR count). The van der Waals surface area contributed by atoms with Crippen LogP contribution in [-0.4, -0.2) is 89.0 Å². The second-order valence-corrected chi connectivity index (χ2v) is 13.3. The van der Waals surface area contributed by atoms with Crippen molar-refractivity contribution >= 4 is 11.9 Å². The van der Waals surface area contributed by atoms with Crippen molar-refractivity contribution in [3.63, 3.8) is 0 Å². The van der Waals surface area contributed by atoms with Gasteiger partial charge in [-0.1, -0.05) is 111 Å². The van der Waals surface area contributed by atoms with Gasteiger partial charge in [-0.15, -0.1) is 0 Å². The van der Waals surface area contributed by atoms with Gasteiger partial charge in [0.2, 0.25) is 0 Å². The van der Waals surface area contributed by atoms with E-state index in [2.05, 4.69) is 111 Å². The lowest BCUT2D eigenvalue weighted by Crippen LogP contribution is -2.59. The fraction of sp³-hybridized carbons (Fsp3) is 0.600. The maximum atomic E-state index is 12.7. The van der Waals surface area contributed by atoms with E-state index in [4.69, 9.17) is 18.9 Å². The van der Waals surface area contributed by atoms with Gasteiger partial charge in [0.25, 0.3) is 0 Å². The quantitative estimate of drug-likeness (QED) is 0.0310. The van der Waals surface area contributed by atoms with Crippen molar-refractivity contribution in [2.45, 2.75) is 153 Å². The highest BCUT2D eigenvalue weighted by atomic mass is 16.7. The summed E-state index contributed by atoms with van der Waals surface area (Å²) in [7, 11) is 0. The molecule has 1 fully saturated rings. The van der Waals surface area contributed by atoms with E-state index in [1.807, 2.05) is 0 Å². The Hall–Kier alpha value is -3.38. The van der Waals surface area contributed by atoms with Gasteiger partial charge in [-0.25, -0.2) is 0 Å². The molecule has 10 heteroatoms. The third kappa shape index (κ3) is 27.0. The molecule has 1 heterocycles. The van der Waals surface area contributed by atoms with Crippen LogP contribution < -0.4 is 0 Å². The third-order valence-electron chi connectivity index (χ3n) is 8.46. The average Bonchev–Trinajstić information content (AvgIpc) is 3.18. The van der Waals surface area contributed by atoms with Gasteiger partial charge in [0.05, 0.1) is 13.2 Å². The monoisotopic (exact) mass is 770 g/mol. The summed E-state index contributed by atoms with van der Waals surface area (Å²) < 4.78 is 22.0. The van der Waals surface area contributed by atoms with Crippen molar-refractivity contribution in [1.82, 2.24) is 0 Å². The fourth-order valence-corrected chi connectivity index (χ4v) is 5.28. The first-order valence-electron chi connectivity index (χ1n) is 20.3. The average molecular weight is 771 g/mol. The van der Waals surface area contributed by atoms with Gasteiger partial charge in [-0.3, -0.25) is 9.59 Å².